The Balaban J connectivity index is 1.03. The van der Waals surface area contributed by atoms with Gasteiger partial charge in [-0.15, -0.1) is 11.3 Å². The fraction of sp³-hybridized carbons (Fsp3) is 0. The Hall–Kier alpha value is -7.48. The highest BCUT2D eigenvalue weighted by Gasteiger charge is 2.20. The molecule has 12 aromatic rings. The first kappa shape index (κ1) is 31.8. The monoisotopic (exact) mass is 748 g/mol. The number of thiophene rings is 1. The van der Waals surface area contributed by atoms with Gasteiger partial charge in [-0.25, -0.2) is 19.9 Å². The molecule has 0 spiro atoms. The Morgan fingerprint density at radius 3 is 1.82 bits per heavy atom. The van der Waals surface area contributed by atoms with E-state index in [1.54, 1.807) is 11.3 Å². The molecule has 4 aromatic heterocycles. The molecule has 0 aliphatic carbocycles. The van der Waals surface area contributed by atoms with E-state index in [0.717, 1.165) is 97.4 Å². The second-order valence-corrected chi connectivity index (χ2v) is 15.2. The molecular weight excluding hydrogens is 721 g/mol. The van der Waals surface area contributed by atoms with Crippen molar-refractivity contribution in [2.45, 2.75) is 0 Å². The Kier molecular flexibility index (Phi) is 7.00. The van der Waals surface area contributed by atoms with E-state index in [0.29, 0.717) is 23.4 Å². The Bertz CT molecular complexity index is 3490. The SMILES string of the molecule is c1ccc(-c2nc(-c3cccc(-c4cccc5oc6ccccc6c45)c3)nc(-c3cccc4c3sc3c(-c5nc6cc7ccccc7cc6o5)cccc34)n2)cc1. The van der Waals surface area contributed by atoms with E-state index in [4.69, 9.17) is 28.8 Å². The molecule has 0 bridgehead atoms. The normalized spacial score (nSPS) is 11.9. The molecule has 0 atom stereocenters. The number of hydrogen-bond donors (Lipinski definition) is 0. The van der Waals surface area contributed by atoms with Gasteiger partial charge in [-0.05, 0) is 64.4 Å². The smallest absolute Gasteiger partial charge is 0.228 e. The summed E-state index contributed by atoms with van der Waals surface area (Å²) in [5, 5.41) is 6.70. The van der Waals surface area contributed by atoms with Gasteiger partial charge >= 0.3 is 0 Å². The maximum atomic E-state index is 6.45. The summed E-state index contributed by atoms with van der Waals surface area (Å²) in [6.07, 6.45) is 0. The number of hydrogen-bond acceptors (Lipinski definition) is 7. The molecule has 0 radical (unpaired) electrons. The highest BCUT2D eigenvalue weighted by Crippen LogP contribution is 2.44. The van der Waals surface area contributed by atoms with Crippen LogP contribution >= 0.6 is 11.3 Å². The van der Waals surface area contributed by atoms with Crippen molar-refractivity contribution in [2.24, 2.45) is 0 Å². The number of fused-ring (bicyclic) bond motifs is 8. The van der Waals surface area contributed by atoms with E-state index in [9.17, 15) is 0 Å². The lowest BCUT2D eigenvalue weighted by molar-refractivity contribution is 0.621. The molecule has 4 heterocycles. The fourth-order valence-electron chi connectivity index (χ4n) is 8.08. The minimum absolute atomic E-state index is 0.600. The van der Waals surface area contributed by atoms with E-state index < -0.39 is 0 Å². The molecule has 0 saturated heterocycles. The third kappa shape index (κ3) is 5.17. The van der Waals surface area contributed by atoms with Crippen molar-refractivity contribution in [3.05, 3.63) is 170 Å². The van der Waals surface area contributed by atoms with E-state index in [2.05, 4.69) is 103 Å². The Morgan fingerprint density at radius 1 is 0.368 bits per heavy atom. The van der Waals surface area contributed by atoms with Gasteiger partial charge in [0.25, 0.3) is 0 Å². The minimum atomic E-state index is 0.600. The average molecular weight is 749 g/mol. The van der Waals surface area contributed by atoms with Crippen molar-refractivity contribution < 1.29 is 8.83 Å². The number of rotatable bonds is 5. The number of para-hydroxylation sites is 1. The lowest BCUT2D eigenvalue weighted by Gasteiger charge is -2.10. The van der Waals surface area contributed by atoms with E-state index in [1.165, 1.54) is 0 Å². The molecule has 7 heteroatoms. The van der Waals surface area contributed by atoms with Crippen LogP contribution in [0, 0.1) is 0 Å². The van der Waals surface area contributed by atoms with Crippen LogP contribution in [0.1, 0.15) is 0 Å². The van der Waals surface area contributed by atoms with Crippen LogP contribution in [-0.2, 0) is 0 Å². The summed E-state index contributed by atoms with van der Waals surface area (Å²) >= 11 is 1.71. The summed E-state index contributed by atoms with van der Waals surface area (Å²) in [6, 6.07) is 58.1. The van der Waals surface area contributed by atoms with Gasteiger partial charge in [-0.2, -0.15) is 0 Å². The van der Waals surface area contributed by atoms with Crippen molar-refractivity contribution in [1.82, 2.24) is 19.9 Å². The van der Waals surface area contributed by atoms with Gasteiger partial charge in [0.1, 0.15) is 16.7 Å². The summed E-state index contributed by atoms with van der Waals surface area (Å²) in [5.74, 6) is 2.43. The predicted octanol–water partition coefficient (Wildman–Crippen LogP) is 13.8. The number of aromatic nitrogens is 4. The molecule has 57 heavy (non-hydrogen) atoms. The average Bonchev–Trinajstić information content (AvgIpc) is 3.99. The molecule has 0 N–H and O–H groups in total. The molecule has 266 valence electrons. The second kappa shape index (κ2) is 12.5. The van der Waals surface area contributed by atoms with Crippen LogP contribution in [0.15, 0.2) is 179 Å². The van der Waals surface area contributed by atoms with Gasteiger partial charge < -0.3 is 8.83 Å². The lowest BCUT2D eigenvalue weighted by atomic mass is 9.98. The summed E-state index contributed by atoms with van der Waals surface area (Å²) in [5.41, 5.74) is 9.20. The predicted molar refractivity (Wildman–Crippen MR) is 232 cm³/mol. The first-order valence-corrected chi connectivity index (χ1v) is 19.6. The van der Waals surface area contributed by atoms with Gasteiger partial charge in [0, 0.05) is 47.6 Å². The van der Waals surface area contributed by atoms with Crippen molar-refractivity contribution in [1.29, 1.82) is 0 Å². The molecule has 6 nitrogen and oxygen atoms in total. The second-order valence-electron chi connectivity index (χ2n) is 14.2. The van der Waals surface area contributed by atoms with Crippen molar-refractivity contribution in [3.63, 3.8) is 0 Å². The van der Waals surface area contributed by atoms with E-state index in [1.807, 2.05) is 66.7 Å². The van der Waals surface area contributed by atoms with Crippen molar-refractivity contribution in [3.8, 4) is 56.7 Å². The number of benzene rings is 8. The number of oxazole rings is 1. The highest BCUT2D eigenvalue weighted by atomic mass is 32.1. The van der Waals surface area contributed by atoms with Crippen LogP contribution in [0.2, 0.25) is 0 Å². The van der Waals surface area contributed by atoms with E-state index >= 15 is 0 Å². The molecule has 12 rings (SSSR count). The van der Waals surface area contributed by atoms with Gasteiger partial charge in [0.2, 0.25) is 5.89 Å². The van der Waals surface area contributed by atoms with Crippen molar-refractivity contribution in [2.75, 3.05) is 0 Å². The van der Waals surface area contributed by atoms with Crippen LogP contribution in [0.4, 0.5) is 0 Å². The third-order valence-corrected chi connectivity index (χ3v) is 12.0. The van der Waals surface area contributed by atoms with Crippen molar-refractivity contribution >= 4 is 75.3 Å². The molecule has 0 aliphatic rings. The van der Waals surface area contributed by atoms with Gasteiger partial charge in [-0.1, -0.05) is 127 Å². The number of nitrogens with zero attached hydrogens (tertiary/aromatic N) is 4. The first-order valence-electron chi connectivity index (χ1n) is 18.8. The molecule has 0 amide bonds. The van der Waals surface area contributed by atoms with Crippen LogP contribution in [0.5, 0.6) is 0 Å². The van der Waals surface area contributed by atoms with Crippen LogP contribution in [0.3, 0.4) is 0 Å². The summed E-state index contributed by atoms with van der Waals surface area (Å²) in [4.78, 5) is 20.5. The zero-order valence-corrected chi connectivity index (χ0v) is 31.0. The standard InChI is InChI=1S/C50H28N4O2S/c1-2-12-29(13-3-1)47-52-48(33-17-8-16-32(26-33)34-19-11-25-42-44(34)37-18-6-7-24-41(37)55-42)54-49(53-47)38-22-9-20-35-36-21-10-23-39(46(36)57-45(35)38)50-51-40-27-30-14-4-5-15-31(30)28-43(40)56-50/h1-28H. The fourth-order valence-corrected chi connectivity index (χ4v) is 9.39. The zero-order chi connectivity index (χ0) is 37.5. The quantitative estimate of drug-likeness (QED) is 0.174. The summed E-state index contributed by atoms with van der Waals surface area (Å²) in [6.45, 7) is 0. The largest absolute Gasteiger partial charge is 0.456 e. The molecule has 0 fully saturated rings. The lowest BCUT2D eigenvalue weighted by Crippen LogP contribution is -2.00. The Labute approximate surface area is 329 Å². The van der Waals surface area contributed by atoms with Crippen LogP contribution < -0.4 is 0 Å². The maximum absolute atomic E-state index is 6.45. The van der Waals surface area contributed by atoms with Gasteiger partial charge in [0.05, 0.1) is 5.56 Å². The molecule has 0 saturated carbocycles. The minimum Gasteiger partial charge on any atom is -0.456 e. The zero-order valence-electron chi connectivity index (χ0n) is 30.2. The molecule has 8 aromatic carbocycles. The van der Waals surface area contributed by atoms with Gasteiger partial charge in [0.15, 0.2) is 23.1 Å². The summed E-state index contributed by atoms with van der Waals surface area (Å²) in [7, 11) is 0. The van der Waals surface area contributed by atoms with Gasteiger partial charge in [-0.3, -0.25) is 0 Å². The maximum Gasteiger partial charge on any atom is 0.228 e. The highest BCUT2D eigenvalue weighted by molar-refractivity contribution is 7.26. The topological polar surface area (TPSA) is 77.8 Å². The van der Waals surface area contributed by atoms with Crippen LogP contribution in [-0.4, -0.2) is 19.9 Å². The molecular formula is C50H28N4O2S. The van der Waals surface area contributed by atoms with Crippen LogP contribution in [0.25, 0.3) is 121 Å². The number of furan rings is 1. The third-order valence-electron chi connectivity index (χ3n) is 10.8. The molecule has 0 unspecified atom stereocenters. The molecule has 0 aliphatic heterocycles. The van der Waals surface area contributed by atoms with E-state index in [-0.39, 0.29) is 0 Å². The first-order chi connectivity index (χ1) is 28.2. The summed E-state index contributed by atoms with van der Waals surface area (Å²) < 4.78 is 14.9. The Morgan fingerprint density at radius 2 is 0.965 bits per heavy atom.